The van der Waals surface area contributed by atoms with Crippen LogP contribution in [0, 0.1) is 0 Å². The predicted octanol–water partition coefficient (Wildman–Crippen LogP) is 0.985. The fraction of sp³-hybridized carbons (Fsp3) is 0.353. The van der Waals surface area contributed by atoms with Gasteiger partial charge < -0.3 is 19.6 Å². The van der Waals surface area contributed by atoms with Crippen LogP contribution in [0.1, 0.15) is 18.2 Å². The van der Waals surface area contributed by atoms with E-state index in [2.05, 4.69) is 15.0 Å². The maximum absolute atomic E-state index is 11.7. The van der Waals surface area contributed by atoms with Gasteiger partial charge in [-0.3, -0.25) is 9.36 Å². The standard InChI is InChI=1S/C17H18N4O4/c22-13-6-12(8-24-7-11-4-2-1-3-5-11)25-17(13)21-10-20-14-15(21)18-9-19-16(14)23/h1-5,9-10,12-13,17,22H,6-8H2,(H,18,19,23)/t12-,13?,17+/m0/s1. The average molecular weight is 342 g/mol. The third-order valence-electron chi connectivity index (χ3n) is 4.22. The summed E-state index contributed by atoms with van der Waals surface area (Å²) >= 11 is 0. The second-order valence-electron chi connectivity index (χ2n) is 6.01. The van der Waals surface area contributed by atoms with Crippen LogP contribution in [-0.2, 0) is 16.1 Å². The van der Waals surface area contributed by atoms with Crippen LogP contribution in [0.4, 0.5) is 0 Å². The molecule has 0 spiro atoms. The van der Waals surface area contributed by atoms with E-state index in [-0.39, 0.29) is 17.2 Å². The number of nitrogens with zero attached hydrogens (tertiary/aromatic N) is 3. The van der Waals surface area contributed by atoms with E-state index in [1.165, 1.54) is 12.7 Å². The molecule has 3 heterocycles. The van der Waals surface area contributed by atoms with Gasteiger partial charge in [-0.15, -0.1) is 0 Å². The average Bonchev–Trinajstić information content (AvgIpc) is 3.20. The SMILES string of the molecule is O=c1[nH]cnc2c1ncn2[C@@H]1O[C@H](COCc2ccccc2)CC1O. The van der Waals surface area contributed by atoms with E-state index in [0.717, 1.165) is 5.56 Å². The van der Waals surface area contributed by atoms with Gasteiger partial charge in [0, 0.05) is 6.42 Å². The van der Waals surface area contributed by atoms with Gasteiger partial charge in [0.1, 0.15) is 6.10 Å². The van der Waals surface area contributed by atoms with Crippen LogP contribution in [0.5, 0.6) is 0 Å². The number of fused-ring (bicyclic) bond motifs is 1. The van der Waals surface area contributed by atoms with Crippen LogP contribution in [0.3, 0.4) is 0 Å². The van der Waals surface area contributed by atoms with Crippen molar-refractivity contribution >= 4 is 11.2 Å². The fourth-order valence-electron chi connectivity index (χ4n) is 3.02. The van der Waals surface area contributed by atoms with Crippen LogP contribution in [0.15, 0.2) is 47.8 Å². The molecule has 1 fully saturated rings. The highest BCUT2D eigenvalue weighted by atomic mass is 16.6. The summed E-state index contributed by atoms with van der Waals surface area (Å²) in [6.07, 6.45) is 1.64. The molecule has 1 saturated heterocycles. The molecule has 0 saturated carbocycles. The Labute approximate surface area is 143 Å². The Balaban J connectivity index is 1.42. The first kappa shape index (κ1) is 15.9. The van der Waals surface area contributed by atoms with E-state index in [0.29, 0.717) is 25.3 Å². The fourth-order valence-corrected chi connectivity index (χ4v) is 3.02. The quantitative estimate of drug-likeness (QED) is 0.717. The Morgan fingerprint density at radius 2 is 2.16 bits per heavy atom. The molecular formula is C17H18N4O4. The lowest BCUT2D eigenvalue weighted by molar-refractivity contribution is -0.0623. The number of ether oxygens (including phenoxy) is 2. The lowest BCUT2D eigenvalue weighted by atomic mass is 10.2. The van der Waals surface area contributed by atoms with Gasteiger partial charge in [0.15, 0.2) is 17.4 Å². The van der Waals surface area contributed by atoms with Gasteiger partial charge >= 0.3 is 0 Å². The summed E-state index contributed by atoms with van der Waals surface area (Å²) in [5.74, 6) is 0. The Morgan fingerprint density at radius 1 is 1.32 bits per heavy atom. The molecule has 1 aromatic carbocycles. The van der Waals surface area contributed by atoms with Gasteiger partial charge in [-0.1, -0.05) is 30.3 Å². The van der Waals surface area contributed by atoms with Crippen molar-refractivity contribution in [2.75, 3.05) is 6.61 Å². The molecule has 0 bridgehead atoms. The van der Waals surface area contributed by atoms with Gasteiger partial charge in [0.2, 0.25) is 0 Å². The van der Waals surface area contributed by atoms with E-state index in [1.54, 1.807) is 4.57 Å². The van der Waals surface area contributed by atoms with Crippen LogP contribution >= 0.6 is 0 Å². The van der Waals surface area contributed by atoms with Crippen molar-refractivity contribution in [3.05, 3.63) is 58.9 Å². The lowest BCUT2D eigenvalue weighted by Gasteiger charge is -2.16. The third kappa shape index (κ3) is 3.19. The minimum Gasteiger partial charge on any atom is -0.388 e. The zero-order chi connectivity index (χ0) is 17.2. The molecule has 130 valence electrons. The number of H-pyrrole nitrogens is 1. The van der Waals surface area contributed by atoms with Gasteiger partial charge in [0.05, 0.1) is 32.0 Å². The zero-order valence-corrected chi connectivity index (χ0v) is 13.4. The van der Waals surface area contributed by atoms with Gasteiger partial charge in [0.25, 0.3) is 5.56 Å². The number of aromatic amines is 1. The van der Waals surface area contributed by atoms with Crippen LogP contribution in [0.2, 0.25) is 0 Å². The monoisotopic (exact) mass is 342 g/mol. The number of aliphatic hydroxyl groups excluding tert-OH is 1. The van der Waals surface area contributed by atoms with Crippen molar-refractivity contribution in [2.45, 2.75) is 31.5 Å². The highest BCUT2D eigenvalue weighted by Crippen LogP contribution is 2.30. The predicted molar refractivity (Wildman–Crippen MR) is 88.8 cm³/mol. The summed E-state index contributed by atoms with van der Waals surface area (Å²) in [7, 11) is 0. The van der Waals surface area contributed by atoms with Crippen molar-refractivity contribution in [1.82, 2.24) is 19.5 Å². The van der Waals surface area contributed by atoms with Crippen LogP contribution in [0.25, 0.3) is 11.2 Å². The van der Waals surface area contributed by atoms with Crippen molar-refractivity contribution < 1.29 is 14.6 Å². The number of aliphatic hydroxyl groups is 1. The first-order valence-electron chi connectivity index (χ1n) is 8.08. The van der Waals surface area contributed by atoms with Gasteiger partial charge in [-0.2, -0.15) is 0 Å². The molecule has 3 aromatic rings. The molecule has 8 heteroatoms. The molecule has 1 aliphatic rings. The van der Waals surface area contributed by atoms with E-state index >= 15 is 0 Å². The minimum absolute atomic E-state index is 0.224. The molecule has 2 N–H and O–H groups in total. The second kappa shape index (κ2) is 6.75. The maximum Gasteiger partial charge on any atom is 0.278 e. The molecule has 2 aromatic heterocycles. The second-order valence-corrected chi connectivity index (χ2v) is 6.01. The summed E-state index contributed by atoms with van der Waals surface area (Å²) < 4.78 is 13.2. The molecule has 4 rings (SSSR count). The van der Waals surface area contributed by atoms with Crippen molar-refractivity contribution in [3.63, 3.8) is 0 Å². The summed E-state index contributed by atoms with van der Waals surface area (Å²) in [6.45, 7) is 0.871. The molecule has 1 unspecified atom stereocenters. The van der Waals surface area contributed by atoms with Crippen molar-refractivity contribution in [2.24, 2.45) is 0 Å². The molecule has 25 heavy (non-hydrogen) atoms. The smallest absolute Gasteiger partial charge is 0.278 e. The summed E-state index contributed by atoms with van der Waals surface area (Å²) in [5.41, 5.74) is 1.38. The normalized spacial score (nSPS) is 23.3. The van der Waals surface area contributed by atoms with Crippen molar-refractivity contribution in [1.29, 1.82) is 0 Å². The molecule has 3 atom stereocenters. The first-order valence-corrected chi connectivity index (χ1v) is 8.08. The maximum atomic E-state index is 11.7. The zero-order valence-electron chi connectivity index (χ0n) is 13.4. The number of hydrogen-bond donors (Lipinski definition) is 2. The Bertz CT molecular complexity index is 908. The number of nitrogens with one attached hydrogen (secondary N) is 1. The number of rotatable bonds is 5. The van der Waals surface area contributed by atoms with E-state index in [4.69, 9.17) is 9.47 Å². The molecule has 0 radical (unpaired) electrons. The summed E-state index contributed by atoms with van der Waals surface area (Å²) in [6, 6.07) is 9.87. The largest absolute Gasteiger partial charge is 0.388 e. The summed E-state index contributed by atoms with van der Waals surface area (Å²) in [4.78, 5) is 22.4. The molecule has 8 nitrogen and oxygen atoms in total. The Hall–Kier alpha value is -2.55. The first-order chi connectivity index (χ1) is 12.2. The molecule has 0 amide bonds. The highest BCUT2D eigenvalue weighted by molar-refractivity contribution is 5.68. The summed E-state index contributed by atoms with van der Waals surface area (Å²) in [5, 5.41) is 10.3. The topological polar surface area (TPSA) is 102 Å². The highest BCUT2D eigenvalue weighted by Gasteiger charge is 2.36. The lowest BCUT2D eigenvalue weighted by Crippen LogP contribution is -2.20. The van der Waals surface area contributed by atoms with E-state index < -0.39 is 12.3 Å². The van der Waals surface area contributed by atoms with Crippen LogP contribution < -0.4 is 5.56 Å². The van der Waals surface area contributed by atoms with E-state index in [1.807, 2.05) is 30.3 Å². The van der Waals surface area contributed by atoms with Crippen molar-refractivity contribution in [3.8, 4) is 0 Å². The molecule has 0 aliphatic carbocycles. The van der Waals surface area contributed by atoms with Gasteiger partial charge in [-0.05, 0) is 5.56 Å². The number of hydrogen-bond acceptors (Lipinski definition) is 6. The number of aromatic nitrogens is 4. The third-order valence-corrected chi connectivity index (χ3v) is 4.22. The number of benzene rings is 1. The molecular weight excluding hydrogens is 324 g/mol. The minimum atomic E-state index is -0.719. The van der Waals surface area contributed by atoms with Gasteiger partial charge in [-0.25, -0.2) is 9.97 Å². The molecule has 1 aliphatic heterocycles. The van der Waals surface area contributed by atoms with E-state index in [9.17, 15) is 9.90 Å². The Kier molecular flexibility index (Phi) is 4.31. The number of imidazole rings is 1. The Morgan fingerprint density at radius 3 is 3.00 bits per heavy atom. The van der Waals surface area contributed by atoms with Crippen LogP contribution in [-0.4, -0.2) is 43.4 Å².